The lowest BCUT2D eigenvalue weighted by molar-refractivity contribution is -0.169. The second kappa shape index (κ2) is 7.43. The number of halogens is 1. The van der Waals surface area contributed by atoms with Crippen molar-refractivity contribution in [2.24, 2.45) is 28.6 Å². The molecule has 160 valence electrons. The number of carbonyl (C=O) groups excluding carboxylic acids is 3. The monoisotopic (exact) mass is 514 g/mol. The molecule has 0 amide bonds. The lowest BCUT2D eigenvalue weighted by Gasteiger charge is -2.58. The number of esters is 1. The molecular formula is C23H31IO5. The highest BCUT2D eigenvalue weighted by Gasteiger charge is 2.66. The summed E-state index contributed by atoms with van der Waals surface area (Å²) in [5.74, 6) is 0.790. The number of ether oxygens (including phenoxy) is 1. The first-order chi connectivity index (χ1) is 13.7. The van der Waals surface area contributed by atoms with E-state index in [2.05, 4.69) is 13.8 Å². The van der Waals surface area contributed by atoms with Crippen molar-refractivity contribution in [1.29, 1.82) is 0 Å². The molecule has 0 aliphatic heterocycles. The van der Waals surface area contributed by atoms with Crippen molar-refractivity contribution < 1.29 is 24.2 Å². The molecule has 6 atom stereocenters. The van der Waals surface area contributed by atoms with Crippen LogP contribution in [0.4, 0.5) is 0 Å². The Kier molecular flexibility index (Phi) is 5.50. The standard InChI is InChI=1S/C23H31IO5/c1-21-8-5-15(25)11-14(21)3-4-16-17(21)6-9-22(2)18(16)7-10-23(22,28)19(26)13-29-20(27)12-24/h11,16-18,28H,3-10,12-13H2,1-2H3/t16-,17+,18+,21+,22+,23-/m1/s1. The first kappa shape index (κ1) is 21.5. The Balaban J connectivity index is 1.57. The second-order valence-electron chi connectivity index (χ2n) is 10.0. The highest BCUT2D eigenvalue weighted by Crippen LogP contribution is 2.67. The summed E-state index contributed by atoms with van der Waals surface area (Å²) in [7, 11) is 0. The SMILES string of the molecule is C[C@]12CCC(=O)C=C1CC[C@@H]1[C@@H]2CC[C@@]2(C)[C@H]1CC[C@@]2(O)C(=O)COC(=O)CI. The van der Waals surface area contributed by atoms with Gasteiger partial charge in [-0.25, -0.2) is 0 Å². The summed E-state index contributed by atoms with van der Waals surface area (Å²) in [5.41, 5.74) is -0.468. The molecular weight excluding hydrogens is 483 g/mol. The number of fused-ring (bicyclic) bond motifs is 5. The van der Waals surface area contributed by atoms with E-state index < -0.39 is 17.0 Å². The van der Waals surface area contributed by atoms with E-state index in [1.54, 1.807) is 0 Å². The maximum atomic E-state index is 13.0. The van der Waals surface area contributed by atoms with Gasteiger partial charge in [0.05, 0.1) is 4.43 Å². The molecule has 0 aromatic heterocycles. The Labute approximate surface area is 186 Å². The lowest BCUT2D eigenvalue weighted by atomic mass is 9.46. The smallest absolute Gasteiger partial charge is 0.316 e. The van der Waals surface area contributed by atoms with Gasteiger partial charge >= 0.3 is 5.97 Å². The zero-order valence-corrected chi connectivity index (χ0v) is 19.5. The van der Waals surface area contributed by atoms with Crippen molar-refractivity contribution in [3.63, 3.8) is 0 Å². The molecule has 1 N–H and O–H groups in total. The highest BCUT2D eigenvalue weighted by molar-refractivity contribution is 14.1. The molecule has 6 heteroatoms. The molecule has 0 radical (unpaired) electrons. The van der Waals surface area contributed by atoms with E-state index in [-0.39, 0.29) is 28.0 Å². The maximum absolute atomic E-state index is 13.0. The van der Waals surface area contributed by atoms with Gasteiger partial charge < -0.3 is 9.84 Å². The topological polar surface area (TPSA) is 80.7 Å². The maximum Gasteiger partial charge on any atom is 0.316 e. The third-order valence-corrected chi connectivity index (χ3v) is 9.67. The molecule has 0 heterocycles. The van der Waals surface area contributed by atoms with Crippen LogP contribution < -0.4 is 0 Å². The summed E-state index contributed by atoms with van der Waals surface area (Å²) < 4.78 is 5.26. The summed E-state index contributed by atoms with van der Waals surface area (Å²) in [6, 6.07) is 0. The Morgan fingerprint density at radius 2 is 1.86 bits per heavy atom. The average Bonchev–Trinajstić information content (AvgIpc) is 2.98. The van der Waals surface area contributed by atoms with Crippen LogP contribution in [0.5, 0.6) is 0 Å². The third-order valence-electron chi connectivity index (χ3n) is 9.05. The minimum Gasteiger partial charge on any atom is -0.457 e. The number of carbonyl (C=O) groups is 3. The van der Waals surface area contributed by atoms with Gasteiger partial charge in [0.1, 0.15) is 5.60 Å². The van der Waals surface area contributed by atoms with Gasteiger partial charge in [0.25, 0.3) is 0 Å². The summed E-state index contributed by atoms with van der Waals surface area (Å²) in [6.45, 7) is 4.08. The van der Waals surface area contributed by atoms with Crippen LogP contribution in [0.3, 0.4) is 0 Å². The average molecular weight is 514 g/mol. The van der Waals surface area contributed by atoms with Gasteiger partial charge in [-0.1, -0.05) is 42.0 Å². The molecule has 3 saturated carbocycles. The van der Waals surface area contributed by atoms with Crippen LogP contribution in [0.25, 0.3) is 0 Å². The second-order valence-corrected chi connectivity index (χ2v) is 10.8. The fourth-order valence-corrected chi connectivity index (χ4v) is 7.56. The van der Waals surface area contributed by atoms with Gasteiger partial charge in [-0.3, -0.25) is 14.4 Å². The molecule has 4 aliphatic rings. The Morgan fingerprint density at radius 1 is 1.14 bits per heavy atom. The van der Waals surface area contributed by atoms with Gasteiger partial charge in [-0.2, -0.15) is 0 Å². The van der Waals surface area contributed by atoms with Crippen molar-refractivity contribution >= 4 is 40.1 Å². The molecule has 29 heavy (non-hydrogen) atoms. The summed E-state index contributed by atoms with van der Waals surface area (Å²) in [4.78, 5) is 36.4. The Hall–Kier alpha value is -0.760. The van der Waals surface area contributed by atoms with E-state index in [4.69, 9.17) is 4.74 Å². The molecule has 0 saturated heterocycles. The number of ketones is 2. The predicted molar refractivity (Wildman–Crippen MR) is 117 cm³/mol. The van der Waals surface area contributed by atoms with Crippen LogP contribution >= 0.6 is 22.6 Å². The molecule has 0 spiro atoms. The highest BCUT2D eigenvalue weighted by atomic mass is 127. The van der Waals surface area contributed by atoms with E-state index in [9.17, 15) is 19.5 Å². The number of aliphatic hydroxyl groups is 1. The number of allylic oxidation sites excluding steroid dienone is 1. The normalized spacial score (nSPS) is 43.7. The van der Waals surface area contributed by atoms with Crippen molar-refractivity contribution in [2.45, 2.75) is 70.8 Å². The van der Waals surface area contributed by atoms with E-state index in [0.717, 1.165) is 38.5 Å². The molecule has 4 rings (SSSR count). The zero-order chi connectivity index (χ0) is 21.0. The lowest BCUT2D eigenvalue weighted by Crippen LogP contribution is -2.58. The molecule has 3 fully saturated rings. The van der Waals surface area contributed by atoms with Crippen molar-refractivity contribution in [2.75, 3.05) is 11.0 Å². The van der Waals surface area contributed by atoms with E-state index in [0.29, 0.717) is 30.6 Å². The quantitative estimate of drug-likeness (QED) is 0.351. The molecule has 0 unspecified atom stereocenters. The molecule has 4 aliphatic carbocycles. The Bertz CT molecular complexity index is 775. The summed E-state index contributed by atoms with van der Waals surface area (Å²) in [6.07, 6.45) is 8.53. The number of rotatable bonds is 4. The van der Waals surface area contributed by atoms with Crippen LogP contribution in [0.1, 0.15) is 65.2 Å². The van der Waals surface area contributed by atoms with Crippen molar-refractivity contribution in [3.05, 3.63) is 11.6 Å². The van der Waals surface area contributed by atoms with Crippen LogP contribution in [0.15, 0.2) is 11.6 Å². The van der Waals surface area contributed by atoms with E-state index in [1.807, 2.05) is 28.7 Å². The van der Waals surface area contributed by atoms with Gasteiger partial charge in [-0.05, 0) is 74.2 Å². The van der Waals surface area contributed by atoms with Gasteiger partial charge in [0.15, 0.2) is 12.4 Å². The number of alkyl halides is 1. The fourth-order valence-electron chi connectivity index (χ4n) is 7.34. The van der Waals surface area contributed by atoms with Gasteiger partial charge in [0.2, 0.25) is 5.78 Å². The van der Waals surface area contributed by atoms with Gasteiger partial charge in [0, 0.05) is 11.8 Å². The van der Waals surface area contributed by atoms with Crippen LogP contribution in [0.2, 0.25) is 0 Å². The van der Waals surface area contributed by atoms with E-state index in [1.165, 1.54) is 5.57 Å². The van der Waals surface area contributed by atoms with E-state index >= 15 is 0 Å². The van der Waals surface area contributed by atoms with Crippen LogP contribution in [-0.4, -0.2) is 39.3 Å². The fraction of sp³-hybridized carbons (Fsp3) is 0.783. The molecule has 0 bridgehead atoms. The Morgan fingerprint density at radius 3 is 2.59 bits per heavy atom. The largest absolute Gasteiger partial charge is 0.457 e. The zero-order valence-electron chi connectivity index (χ0n) is 17.3. The van der Waals surface area contributed by atoms with Crippen LogP contribution in [0, 0.1) is 28.6 Å². The summed E-state index contributed by atoms with van der Waals surface area (Å²) >= 11 is 1.91. The number of hydrogen-bond donors (Lipinski definition) is 1. The molecule has 0 aromatic rings. The minimum absolute atomic E-state index is 0.0820. The molecule has 5 nitrogen and oxygen atoms in total. The number of Topliss-reactive ketones (excluding diaryl/α,β-unsaturated/α-hetero) is 1. The van der Waals surface area contributed by atoms with Crippen LogP contribution in [-0.2, 0) is 19.1 Å². The first-order valence-corrected chi connectivity index (χ1v) is 12.4. The molecule has 0 aromatic carbocycles. The number of hydrogen-bond acceptors (Lipinski definition) is 5. The first-order valence-electron chi connectivity index (χ1n) is 10.9. The predicted octanol–water partition coefficient (Wildman–Crippen LogP) is 3.80. The summed E-state index contributed by atoms with van der Waals surface area (Å²) in [5, 5.41) is 11.5. The third kappa shape index (κ3) is 3.15. The van der Waals surface area contributed by atoms with Gasteiger partial charge in [-0.15, -0.1) is 0 Å². The van der Waals surface area contributed by atoms with Crippen molar-refractivity contribution in [3.8, 4) is 0 Å². The van der Waals surface area contributed by atoms with Crippen molar-refractivity contribution in [1.82, 2.24) is 0 Å². The minimum atomic E-state index is -1.41.